The van der Waals surface area contributed by atoms with Crippen LogP contribution in [0.5, 0.6) is 5.75 Å². The van der Waals surface area contributed by atoms with Gasteiger partial charge in [0, 0.05) is 0 Å². The lowest BCUT2D eigenvalue weighted by molar-refractivity contribution is -0.143. The van der Waals surface area contributed by atoms with E-state index in [0.29, 0.717) is 17.9 Å². The van der Waals surface area contributed by atoms with E-state index in [0.717, 1.165) is 11.1 Å². The quantitative estimate of drug-likeness (QED) is 0.302. The van der Waals surface area contributed by atoms with Crippen molar-refractivity contribution in [3.63, 3.8) is 0 Å². The zero-order chi connectivity index (χ0) is 20.0. The second-order valence-electron chi connectivity index (χ2n) is 5.63. The van der Waals surface area contributed by atoms with E-state index < -0.39 is 11.9 Å². The third-order valence-corrected chi connectivity index (χ3v) is 4.21. The van der Waals surface area contributed by atoms with E-state index in [4.69, 9.17) is 27.9 Å². The van der Waals surface area contributed by atoms with Crippen LogP contribution in [0.15, 0.2) is 42.0 Å². The second-order valence-corrected chi connectivity index (χ2v) is 6.44. The fourth-order valence-corrected chi connectivity index (χ4v) is 2.84. The summed E-state index contributed by atoms with van der Waals surface area (Å²) in [5, 5.41) is 0.491. The summed E-state index contributed by atoms with van der Waals surface area (Å²) in [6.07, 6.45) is 1.29. The highest BCUT2D eigenvalue weighted by atomic mass is 35.5. The van der Waals surface area contributed by atoms with Gasteiger partial charge in [-0.15, -0.1) is 0 Å². The molecule has 0 atom stereocenters. The summed E-state index contributed by atoms with van der Waals surface area (Å²) in [4.78, 5) is 23.5. The molecule has 0 radical (unpaired) electrons. The van der Waals surface area contributed by atoms with E-state index in [9.17, 15) is 9.59 Å². The first-order valence-electron chi connectivity index (χ1n) is 7.91. The molecule has 0 saturated heterocycles. The maximum absolute atomic E-state index is 11.8. The third-order valence-electron chi connectivity index (χ3n) is 3.65. The van der Waals surface area contributed by atoms with Crippen molar-refractivity contribution in [2.45, 2.75) is 13.5 Å². The Morgan fingerprint density at radius 2 is 1.48 bits per heavy atom. The Bertz CT molecular complexity index is 831. The maximum Gasteiger partial charge on any atom is 0.345 e. The molecule has 0 amide bonds. The van der Waals surface area contributed by atoms with Gasteiger partial charge in [0.25, 0.3) is 0 Å². The topological polar surface area (TPSA) is 61.8 Å². The molecule has 5 nitrogen and oxygen atoms in total. The number of hydrogen-bond donors (Lipinski definition) is 0. The van der Waals surface area contributed by atoms with Gasteiger partial charge in [0.15, 0.2) is 5.75 Å². The second kappa shape index (κ2) is 9.44. The lowest BCUT2D eigenvalue weighted by Crippen LogP contribution is -2.15. The minimum absolute atomic E-state index is 0.245. The fraction of sp³-hybridized carbons (Fsp3) is 0.200. The molecule has 0 aliphatic heterocycles. The van der Waals surface area contributed by atoms with Gasteiger partial charge < -0.3 is 14.2 Å². The number of rotatable bonds is 6. The average Bonchev–Trinajstić information content (AvgIpc) is 2.65. The first-order valence-corrected chi connectivity index (χ1v) is 8.67. The minimum Gasteiger partial charge on any atom is -0.486 e. The van der Waals surface area contributed by atoms with Gasteiger partial charge in [0.2, 0.25) is 0 Å². The average molecular weight is 409 g/mol. The molecule has 0 heterocycles. The van der Waals surface area contributed by atoms with Gasteiger partial charge in [-0.25, -0.2) is 9.59 Å². The Morgan fingerprint density at radius 1 is 0.963 bits per heavy atom. The summed E-state index contributed by atoms with van der Waals surface area (Å²) in [6, 6.07) is 10.9. The fourth-order valence-electron chi connectivity index (χ4n) is 2.23. The molecule has 0 fully saturated rings. The highest BCUT2D eigenvalue weighted by molar-refractivity contribution is 6.37. The number of carbonyl (C=O) groups is 2. The van der Waals surface area contributed by atoms with Crippen molar-refractivity contribution in [3.05, 3.63) is 68.7 Å². The highest BCUT2D eigenvalue weighted by Crippen LogP contribution is 2.35. The van der Waals surface area contributed by atoms with Crippen LogP contribution in [-0.2, 0) is 25.7 Å². The summed E-state index contributed by atoms with van der Waals surface area (Å²) in [7, 11) is 2.34. The highest BCUT2D eigenvalue weighted by Gasteiger charge is 2.20. The summed E-state index contributed by atoms with van der Waals surface area (Å²) in [6.45, 7) is 2.30. The summed E-state index contributed by atoms with van der Waals surface area (Å²) < 4.78 is 14.9. The number of ether oxygens (including phenoxy) is 3. The van der Waals surface area contributed by atoms with Gasteiger partial charge in [0.05, 0.1) is 24.3 Å². The molecule has 0 spiro atoms. The molecule has 2 aromatic rings. The van der Waals surface area contributed by atoms with Crippen LogP contribution in [-0.4, -0.2) is 26.2 Å². The molecule has 27 heavy (non-hydrogen) atoms. The van der Waals surface area contributed by atoms with Crippen LogP contribution in [0.1, 0.15) is 16.7 Å². The summed E-state index contributed by atoms with van der Waals surface area (Å²) >= 11 is 12.5. The number of halogens is 2. The van der Waals surface area contributed by atoms with Crippen molar-refractivity contribution >= 4 is 41.2 Å². The van der Waals surface area contributed by atoms with E-state index in [1.165, 1.54) is 32.4 Å². The predicted molar refractivity (Wildman–Crippen MR) is 104 cm³/mol. The Morgan fingerprint density at radius 3 is 1.96 bits per heavy atom. The minimum atomic E-state index is -0.825. The largest absolute Gasteiger partial charge is 0.486 e. The van der Waals surface area contributed by atoms with Crippen molar-refractivity contribution < 1.29 is 23.8 Å². The van der Waals surface area contributed by atoms with Crippen molar-refractivity contribution in [2.75, 3.05) is 14.2 Å². The maximum atomic E-state index is 11.8. The first-order chi connectivity index (χ1) is 12.8. The van der Waals surface area contributed by atoms with E-state index >= 15 is 0 Å². The molecule has 0 saturated carbocycles. The van der Waals surface area contributed by atoms with Gasteiger partial charge in [-0.2, -0.15) is 0 Å². The molecule has 0 aliphatic rings. The zero-order valence-corrected chi connectivity index (χ0v) is 16.6. The van der Waals surface area contributed by atoms with Crippen LogP contribution in [0, 0.1) is 6.92 Å². The van der Waals surface area contributed by atoms with E-state index in [2.05, 4.69) is 9.47 Å². The van der Waals surface area contributed by atoms with Crippen LogP contribution < -0.4 is 4.74 Å². The SMILES string of the molecule is COC(=O)C(=Cc1cc(Cl)c(OCc2ccc(C)cc2)c(Cl)c1)C(=O)OC. The molecule has 142 valence electrons. The Labute approximate surface area is 167 Å². The van der Waals surface area contributed by atoms with Crippen LogP contribution >= 0.6 is 23.2 Å². The van der Waals surface area contributed by atoms with Crippen LogP contribution in [0.25, 0.3) is 6.08 Å². The predicted octanol–water partition coefficient (Wildman–Crippen LogP) is 4.61. The third kappa shape index (κ3) is 5.49. The van der Waals surface area contributed by atoms with Crippen molar-refractivity contribution in [1.82, 2.24) is 0 Å². The lowest BCUT2D eigenvalue weighted by Gasteiger charge is -2.11. The normalized spacial score (nSPS) is 10.1. The van der Waals surface area contributed by atoms with Crippen LogP contribution in [0.4, 0.5) is 0 Å². The lowest BCUT2D eigenvalue weighted by atomic mass is 10.1. The monoisotopic (exact) mass is 408 g/mol. The van der Waals surface area contributed by atoms with Gasteiger partial charge in [0.1, 0.15) is 12.2 Å². The van der Waals surface area contributed by atoms with Crippen LogP contribution in [0.2, 0.25) is 10.0 Å². The van der Waals surface area contributed by atoms with Crippen LogP contribution in [0.3, 0.4) is 0 Å². The molecule has 0 unspecified atom stereocenters. The number of methoxy groups -OCH3 is 2. The molecule has 0 N–H and O–H groups in total. The van der Waals surface area contributed by atoms with Gasteiger partial charge in [-0.3, -0.25) is 0 Å². The van der Waals surface area contributed by atoms with Crippen molar-refractivity contribution in [1.29, 1.82) is 0 Å². The zero-order valence-electron chi connectivity index (χ0n) is 15.0. The molecule has 0 aliphatic carbocycles. The molecule has 0 aromatic heterocycles. The first kappa shape index (κ1) is 20.8. The van der Waals surface area contributed by atoms with Gasteiger partial charge in [-0.1, -0.05) is 53.0 Å². The van der Waals surface area contributed by atoms with E-state index in [1.807, 2.05) is 31.2 Å². The molecular weight excluding hydrogens is 391 g/mol. The molecular formula is C20H18Cl2O5. The van der Waals surface area contributed by atoms with Gasteiger partial charge >= 0.3 is 11.9 Å². The molecule has 2 rings (SSSR count). The Hall–Kier alpha value is -2.50. The number of benzene rings is 2. The summed E-state index contributed by atoms with van der Waals surface area (Å²) in [5.74, 6) is -1.34. The van der Waals surface area contributed by atoms with Gasteiger partial charge in [-0.05, 0) is 36.3 Å². The molecule has 2 aromatic carbocycles. The number of esters is 2. The number of carbonyl (C=O) groups excluding carboxylic acids is 2. The summed E-state index contributed by atoms with van der Waals surface area (Å²) in [5.41, 5.74) is 2.27. The van der Waals surface area contributed by atoms with E-state index in [1.54, 1.807) is 0 Å². The standard InChI is InChI=1S/C20H18Cl2O5/c1-12-4-6-13(7-5-12)11-27-18-16(21)9-14(10-17(18)22)8-15(19(23)25-2)20(24)26-3/h4-10H,11H2,1-3H3. The van der Waals surface area contributed by atoms with Crippen molar-refractivity contribution in [3.8, 4) is 5.75 Å². The Kier molecular flexibility index (Phi) is 7.28. The smallest absolute Gasteiger partial charge is 0.345 e. The van der Waals surface area contributed by atoms with Crippen molar-refractivity contribution in [2.24, 2.45) is 0 Å². The van der Waals surface area contributed by atoms with E-state index in [-0.39, 0.29) is 15.6 Å². The number of hydrogen-bond acceptors (Lipinski definition) is 5. The number of aryl methyl sites for hydroxylation is 1. The Balaban J connectivity index is 2.27. The molecule has 0 bridgehead atoms. The molecule has 7 heteroatoms.